The monoisotopic (exact) mass is 602 g/mol. The number of hydrogen-bond acceptors (Lipinski definition) is 2. The first-order valence-electron chi connectivity index (χ1n) is 16.1. The molecule has 0 bridgehead atoms. The summed E-state index contributed by atoms with van der Waals surface area (Å²) >= 11 is 0. The molecule has 0 aliphatic heterocycles. The van der Waals surface area contributed by atoms with E-state index in [1.807, 2.05) is 6.07 Å². The maximum absolute atomic E-state index is 6.80. The summed E-state index contributed by atoms with van der Waals surface area (Å²) in [5.41, 5.74) is 19.0. The molecule has 224 valence electrons. The molecule has 2 N–H and O–H groups in total. The summed E-state index contributed by atoms with van der Waals surface area (Å²) in [6, 6.07) is 62.8. The molecule has 2 nitrogen and oxygen atoms in total. The molecule has 2 heteroatoms. The Morgan fingerprint density at radius 2 is 1.00 bits per heavy atom. The van der Waals surface area contributed by atoms with Gasteiger partial charge in [0.25, 0.3) is 0 Å². The highest BCUT2D eigenvalue weighted by atomic mass is 15.1. The molecule has 0 aliphatic carbocycles. The van der Waals surface area contributed by atoms with E-state index in [0.717, 1.165) is 55.8 Å². The van der Waals surface area contributed by atoms with Crippen molar-refractivity contribution in [2.75, 3.05) is 10.6 Å². The van der Waals surface area contributed by atoms with Crippen LogP contribution in [0, 0.1) is 6.92 Å². The number of nitrogens with zero attached hydrogens (tertiary/aromatic N) is 1. The fourth-order valence-electron chi connectivity index (χ4n) is 6.80. The molecule has 47 heavy (non-hydrogen) atoms. The van der Waals surface area contributed by atoms with Crippen LogP contribution in [0.1, 0.15) is 5.56 Å². The van der Waals surface area contributed by atoms with Gasteiger partial charge in [-0.1, -0.05) is 146 Å². The molecule has 0 aliphatic rings. The molecule has 0 aromatic heterocycles. The average Bonchev–Trinajstić information content (AvgIpc) is 3.13. The second kappa shape index (κ2) is 12.0. The van der Waals surface area contributed by atoms with E-state index in [4.69, 9.17) is 5.73 Å². The Bertz CT molecular complexity index is 2360. The van der Waals surface area contributed by atoms with Crippen LogP contribution in [0.15, 0.2) is 176 Å². The molecule has 0 spiro atoms. The van der Waals surface area contributed by atoms with Gasteiger partial charge in [-0.05, 0) is 75.8 Å². The van der Waals surface area contributed by atoms with Crippen LogP contribution < -0.4 is 10.6 Å². The predicted molar refractivity (Wildman–Crippen MR) is 202 cm³/mol. The van der Waals surface area contributed by atoms with Crippen molar-refractivity contribution in [3.05, 3.63) is 181 Å². The molecule has 0 saturated carbocycles. The van der Waals surface area contributed by atoms with Gasteiger partial charge in [-0.15, -0.1) is 0 Å². The largest absolute Gasteiger partial charge is 0.398 e. The lowest BCUT2D eigenvalue weighted by atomic mass is 9.91. The third-order valence-corrected chi connectivity index (χ3v) is 9.08. The van der Waals surface area contributed by atoms with E-state index >= 15 is 0 Å². The van der Waals surface area contributed by atoms with E-state index < -0.39 is 0 Å². The zero-order chi connectivity index (χ0) is 31.7. The quantitative estimate of drug-likeness (QED) is 0.192. The van der Waals surface area contributed by atoms with Crippen molar-refractivity contribution >= 4 is 44.3 Å². The van der Waals surface area contributed by atoms with Gasteiger partial charge in [0.05, 0.1) is 5.69 Å². The first-order valence-corrected chi connectivity index (χ1v) is 16.1. The lowest BCUT2D eigenvalue weighted by Gasteiger charge is -2.30. The lowest BCUT2D eigenvalue weighted by molar-refractivity contribution is 1.28. The van der Waals surface area contributed by atoms with E-state index in [1.54, 1.807) is 0 Å². The number of nitrogen functional groups attached to an aromatic ring is 1. The normalized spacial score (nSPS) is 11.2. The van der Waals surface area contributed by atoms with Gasteiger partial charge in [0.2, 0.25) is 0 Å². The van der Waals surface area contributed by atoms with Crippen LogP contribution in [0.25, 0.3) is 54.9 Å². The SMILES string of the molecule is Cc1cccc(N(c2ccc(-c3cc(-c4ccccc4)c(N)c4ccccc34)cc2)c2c(-c3ccccc3)ccc3ccccc23)c1. The molecule has 8 rings (SSSR count). The highest BCUT2D eigenvalue weighted by molar-refractivity contribution is 6.09. The minimum Gasteiger partial charge on any atom is -0.398 e. The van der Waals surface area contributed by atoms with Gasteiger partial charge < -0.3 is 10.6 Å². The topological polar surface area (TPSA) is 29.3 Å². The van der Waals surface area contributed by atoms with Crippen LogP contribution >= 0.6 is 0 Å². The van der Waals surface area contributed by atoms with Gasteiger partial charge in [0.1, 0.15) is 0 Å². The van der Waals surface area contributed by atoms with Crippen molar-refractivity contribution in [1.29, 1.82) is 0 Å². The maximum Gasteiger partial charge on any atom is 0.0618 e. The van der Waals surface area contributed by atoms with Gasteiger partial charge in [0.15, 0.2) is 0 Å². The summed E-state index contributed by atoms with van der Waals surface area (Å²) in [4.78, 5) is 2.41. The Kier molecular flexibility index (Phi) is 7.24. The average molecular weight is 603 g/mol. The molecule has 0 amide bonds. The predicted octanol–water partition coefficient (Wildman–Crippen LogP) is 12.4. The molecule has 8 aromatic carbocycles. The Balaban J connectivity index is 1.34. The number of anilines is 4. The Morgan fingerprint density at radius 3 is 1.70 bits per heavy atom. The highest BCUT2D eigenvalue weighted by Crippen LogP contribution is 2.46. The summed E-state index contributed by atoms with van der Waals surface area (Å²) in [6.07, 6.45) is 0. The van der Waals surface area contributed by atoms with Gasteiger partial charge in [-0.25, -0.2) is 0 Å². The molecule has 0 unspecified atom stereocenters. The molecule has 0 atom stereocenters. The standard InChI is InChI=1S/C45H34N2/c1-31-13-12-19-37(29-31)47(45-38-20-9-8-18-34(38)25-28-39(45)32-14-4-2-5-15-32)36-26-23-35(24-27-36)42-30-43(33-16-6-3-7-17-33)44(46)41-22-11-10-21-40(41)42/h2-30H,46H2,1H3. The van der Waals surface area contributed by atoms with Gasteiger partial charge in [0, 0.05) is 39.0 Å². The molecule has 0 fully saturated rings. The number of rotatable bonds is 6. The molecule has 0 radical (unpaired) electrons. The smallest absolute Gasteiger partial charge is 0.0618 e. The summed E-state index contributed by atoms with van der Waals surface area (Å²) in [5, 5.41) is 4.63. The Labute approximate surface area is 276 Å². The summed E-state index contributed by atoms with van der Waals surface area (Å²) in [5.74, 6) is 0. The third-order valence-electron chi connectivity index (χ3n) is 9.08. The number of fused-ring (bicyclic) bond motifs is 2. The minimum atomic E-state index is 0.808. The van der Waals surface area contributed by atoms with Crippen molar-refractivity contribution in [3.8, 4) is 33.4 Å². The highest BCUT2D eigenvalue weighted by Gasteiger charge is 2.21. The maximum atomic E-state index is 6.80. The lowest BCUT2D eigenvalue weighted by Crippen LogP contribution is -2.12. The number of nitrogens with two attached hydrogens (primary N) is 1. The van der Waals surface area contributed by atoms with E-state index in [1.165, 1.54) is 27.5 Å². The Hall–Kier alpha value is -6.12. The number of aryl methyl sites for hydroxylation is 1. The fourth-order valence-corrected chi connectivity index (χ4v) is 6.80. The first kappa shape index (κ1) is 28.4. The van der Waals surface area contributed by atoms with Gasteiger partial charge in [-0.3, -0.25) is 0 Å². The molecule has 0 saturated heterocycles. The van der Waals surface area contributed by atoms with E-state index in [9.17, 15) is 0 Å². The van der Waals surface area contributed by atoms with Crippen molar-refractivity contribution in [2.45, 2.75) is 6.92 Å². The summed E-state index contributed by atoms with van der Waals surface area (Å²) < 4.78 is 0. The van der Waals surface area contributed by atoms with Crippen molar-refractivity contribution < 1.29 is 0 Å². The van der Waals surface area contributed by atoms with E-state index in [2.05, 4.69) is 182 Å². The fraction of sp³-hybridized carbons (Fsp3) is 0.0222. The second-order valence-corrected chi connectivity index (χ2v) is 12.1. The third kappa shape index (κ3) is 5.20. The van der Waals surface area contributed by atoms with Gasteiger partial charge >= 0.3 is 0 Å². The summed E-state index contributed by atoms with van der Waals surface area (Å²) in [6.45, 7) is 2.16. The van der Waals surface area contributed by atoms with Gasteiger partial charge in [-0.2, -0.15) is 0 Å². The molecule has 8 aromatic rings. The number of hydrogen-bond donors (Lipinski definition) is 1. The molecular formula is C45H34N2. The summed E-state index contributed by atoms with van der Waals surface area (Å²) in [7, 11) is 0. The van der Waals surface area contributed by atoms with Crippen LogP contribution in [-0.2, 0) is 0 Å². The van der Waals surface area contributed by atoms with Crippen LogP contribution in [0.5, 0.6) is 0 Å². The van der Waals surface area contributed by atoms with Crippen LogP contribution in [0.4, 0.5) is 22.7 Å². The van der Waals surface area contributed by atoms with Crippen LogP contribution in [0.3, 0.4) is 0 Å². The van der Waals surface area contributed by atoms with Crippen LogP contribution in [0.2, 0.25) is 0 Å². The molecular weight excluding hydrogens is 569 g/mol. The zero-order valence-corrected chi connectivity index (χ0v) is 26.3. The zero-order valence-electron chi connectivity index (χ0n) is 26.3. The van der Waals surface area contributed by atoms with Crippen molar-refractivity contribution in [1.82, 2.24) is 0 Å². The van der Waals surface area contributed by atoms with Crippen molar-refractivity contribution in [3.63, 3.8) is 0 Å². The first-order chi connectivity index (χ1) is 23.2. The van der Waals surface area contributed by atoms with Crippen LogP contribution in [-0.4, -0.2) is 0 Å². The second-order valence-electron chi connectivity index (χ2n) is 12.1. The number of benzene rings is 8. The van der Waals surface area contributed by atoms with E-state index in [0.29, 0.717) is 0 Å². The van der Waals surface area contributed by atoms with E-state index in [-0.39, 0.29) is 0 Å². The Morgan fingerprint density at radius 1 is 0.404 bits per heavy atom. The molecule has 0 heterocycles. The minimum absolute atomic E-state index is 0.808. The van der Waals surface area contributed by atoms with Crippen molar-refractivity contribution in [2.24, 2.45) is 0 Å².